The van der Waals surface area contributed by atoms with Crippen molar-refractivity contribution in [3.63, 3.8) is 0 Å². The number of hydrogen-bond acceptors (Lipinski definition) is 16. The lowest BCUT2D eigenvalue weighted by Gasteiger charge is -2.26. The van der Waals surface area contributed by atoms with E-state index in [0.29, 0.717) is 0 Å². The first-order valence-electron chi connectivity index (χ1n) is 16.4. The predicted octanol–water partition coefficient (Wildman–Crippen LogP) is -5.07. The van der Waals surface area contributed by atoms with E-state index in [1.807, 2.05) is 5.32 Å². The highest BCUT2D eigenvalue weighted by atomic mass is 33.1. The number of carboxylic acid groups (broad SMARTS) is 5. The molecule has 5 amide bonds. The Hall–Kier alpha value is -5.90. The number of guanidine groups is 1. The van der Waals surface area contributed by atoms with Crippen LogP contribution in [-0.2, 0) is 57.5 Å². The molecule has 6 atom stereocenters. The van der Waals surface area contributed by atoms with Crippen molar-refractivity contribution in [2.75, 3.05) is 24.7 Å². The van der Waals surface area contributed by atoms with Crippen molar-refractivity contribution in [3.8, 4) is 0 Å². The Labute approximate surface area is 330 Å². The summed E-state index contributed by atoms with van der Waals surface area (Å²) in [7, 11) is 2.03. The van der Waals surface area contributed by atoms with Crippen LogP contribution in [-0.4, -0.2) is 158 Å². The molecular formula is C29H45N9O17S2. The smallest absolute Gasteiger partial charge is 0.327 e. The van der Waals surface area contributed by atoms with Gasteiger partial charge in [0.15, 0.2) is 5.96 Å². The zero-order valence-electron chi connectivity index (χ0n) is 29.9. The second-order valence-corrected chi connectivity index (χ2v) is 14.2. The summed E-state index contributed by atoms with van der Waals surface area (Å²) < 4.78 is 4.50. The van der Waals surface area contributed by atoms with E-state index in [1.54, 1.807) is 0 Å². The van der Waals surface area contributed by atoms with E-state index >= 15 is 0 Å². The third-order valence-electron chi connectivity index (χ3n) is 6.96. The minimum absolute atomic E-state index is 0.00714. The van der Waals surface area contributed by atoms with Crippen molar-refractivity contribution in [1.82, 2.24) is 31.9 Å². The van der Waals surface area contributed by atoms with E-state index in [4.69, 9.17) is 22.0 Å². The zero-order chi connectivity index (χ0) is 43.7. The van der Waals surface area contributed by atoms with Crippen LogP contribution in [0.5, 0.6) is 0 Å². The standard InChI is InChI=1S/C29H45N9O17S2/c30-13(27(51)52)3-4-19(40)34-15(8-20(41)42)24(48)35-14(2-1-5-33-29(31)32)23(47)36-16(9-21(43)44)25(49)37-17(10-22(45)46)26(50)38-18(28(53)54)11-57-56-7-6-55-12-39/h12-18H,1-11,30H2,(H,34,40)(H,35,48)(H,36,47)(H,37,49)(H,38,50)(H,41,42)(H,43,44)(H,45,46)(H,51,52)(H,53,54)(H4,31,32,33)/t13-,14-,15-,16-,17-,18-/m0/s1. The fraction of sp³-hybridized carbons (Fsp3) is 0.586. The second-order valence-electron chi connectivity index (χ2n) is 11.5. The predicted molar refractivity (Wildman–Crippen MR) is 195 cm³/mol. The third-order valence-corrected chi connectivity index (χ3v) is 9.33. The molecule has 0 radical (unpaired) electrons. The van der Waals surface area contributed by atoms with Crippen molar-refractivity contribution >= 4 is 93.4 Å². The van der Waals surface area contributed by atoms with Gasteiger partial charge in [0.1, 0.15) is 42.9 Å². The van der Waals surface area contributed by atoms with Gasteiger partial charge < -0.3 is 73.6 Å². The average molecular weight is 856 g/mol. The van der Waals surface area contributed by atoms with Crippen LogP contribution in [0.25, 0.3) is 0 Å². The topological polar surface area (TPSA) is 446 Å². The van der Waals surface area contributed by atoms with Gasteiger partial charge in [-0.25, -0.2) is 4.79 Å². The Kier molecular flexibility index (Phi) is 24.8. The van der Waals surface area contributed by atoms with Crippen molar-refractivity contribution in [2.24, 2.45) is 11.5 Å². The Morgan fingerprint density at radius 2 is 1.11 bits per heavy atom. The molecule has 0 aliphatic rings. The molecule has 0 bridgehead atoms. The third kappa shape index (κ3) is 23.6. The highest BCUT2D eigenvalue weighted by Crippen LogP contribution is 2.21. The number of nitrogens with two attached hydrogens (primary N) is 2. The number of carboxylic acids is 5. The fourth-order valence-corrected chi connectivity index (χ4v) is 6.19. The lowest BCUT2D eigenvalue weighted by Crippen LogP contribution is -2.59. The molecule has 26 nitrogen and oxygen atoms in total. The van der Waals surface area contributed by atoms with Gasteiger partial charge in [-0.15, -0.1) is 0 Å². The maximum absolute atomic E-state index is 13.5. The quantitative estimate of drug-likeness (QED) is 0.0102. The molecule has 0 aromatic heterocycles. The van der Waals surface area contributed by atoms with Gasteiger partial charge in [-0.05, 0) is 19.3 Å². The Balaban J connectivity index is 6.21. The molecule has 0 aromatic carbocycles. The summed E-state index contributed by atoms with van der Waals surface area (Å²) in [4.78, 5) is 133. The Morgan fingerprint density at radius 1 is 0.649 bits per heavy atom. The second kappa shape index (κ2) is 27.6. The van der Waals surface area contributed by atoms with Crippen LogP contribution < -0.4 is 43.4 Å². The van der Waals surface area contributed by atoms with Crippen molar-refractivity contribution in [3.05, 3.63) is 0 Å². The number of rotatable bonds is 31. The number of amides is 5. The number of carbonyl (C=O) groups excluding carboxylic acids is 6. The molecule has 0 aromatic rings. The molecule has 0 fully saturated rings. The van der Waals surface area contributed by atoms with Gasteiger partial charge in [-0.1, -0.05) is 21.6 Å². The molecule has 0 rings (SSSR count). The van der Waals surface area contributed by atoms with Crippen LogP contribution in [0.3, 0.4) is 0 Å². The minimum atomic E-state index is -2.07. The molecule has 16 N–H and O–H groups in total. The van der Waals surface area contributed by atoms with E-state index < -0.39 is 134 Å². The first kappa shape index (κ1) is 51.1. The first-order valence-corrected chi connectivity index (χ1v) is 18.9. The largest absolute Gasteiger partial charge is 0.481 e. The van der Waals surface area contributed by atoms with Gasteiger partial charge in [0.05, 0.1) is 19.3 Å². The monoisotopic (exact) mass is 855 g/mol. The van der Waals surface area contributed by atoms with Gasteiger partial charge in [-0.3, -0.25) is 53.4 Å². The molecule has 57 heavy (non-hydrogen) atoms. The summed E-state index contributed by atoms with van der Waals surface area (Å²) in [5.74, 6) is -14.7. The van der Waals surface area contributed by atoms with Gasteiger partial charge >= 0.3 is 29.8 Å². The van der Waals surface area contributed by atoms with Gasteiger partial charge in [0.2, 0.25) is 29.5 Å². The summed E-state index contributed by atoms with van der Waals surface area (Å²) >= 11 is 0. The maximum atomic E-state index is 13.5. The van der Waals surface area contributed by atoms with E-state index in [2.05, 4.69) is 31.3 Å². The Bertz CT molecular complexity index is 1490. The molecule has 0 aliphatic carbocycles. The summed E-state index contributed by atoms with van der Waals surface area (Å²) in [5.41, 5.74) is 10.6. The number of hydrogen-bond donors (Lipinski definition) is 14. The molecule has 320 valence electrons. The molecule has 0 unspecified atom stereocenters. The van der Waals surface area contributed by atoms with Gasteiger partial charge in [0.25, 0.3) is 6.47 Å². The SMILES string of the molecule is N=C(N)NCCC[C@H](NC(=O)[C@H](CC(=O)O)NC(=O)CC[C@H](N)C(=O)O)C(=O)N[C@@H](CC(=O)O)C(=O)N[C@@H](CC(=O)O)C(=O)N[C@@H](CSSCCOC=O)C(=O)O. The van der Waals surface area contributed by atoms with Crippen LogP contribution in [0.15, 0.2) is 0 Å². The molecule has 0 spiro atoms. The van der Waals surface area contributed by atoms with Gasteiger partial charge in [-0.2, -0.15) is 0 Å². The van der Waals surface area contributed by atoms with Crippen LogP contribution in [0.2, 0.25) is 0 Å². The van der Waals surface area contributed by atoms with Crippen molar-refractivity contribution in [2.45, 2.75) is 81.2 Å². The summed E-state index contributed by atoms with van der Waals surface area (Å²) in [6.07, 6.45) is -4.68. The van der Waals surface area contributed by atoms with Crippen LogP contribution >= 0.6 is 21.6 Å². The van der Waals surface area contributed by atoms with Crippen molar-refractivity contribution < 1.29 is 83.0 Å². The normalized spacial score (nSPS) is 13.7. The number of nitrogens with one attached hydrogen (secondary N) is 7. The molecule has 0 saturated heterocycles. The fourth-order valence-electron chi connectivity index (χ4n) is 4.20. The number of carbonyl (C=O) groups is 11. The summed E-state index contributed by atoms with van der Waals surface area (Å²) in [6.45, 7) is 0.147. The highest BCUT2D eigenvalue weighted by molar-refractivity contribution is 8.76. The van der Waals surface area contributed by atoms with E-state index in [9.17, 15) is 73.2 Å². The van der Waals surface area contributed by atoms with Crippen molar-refractivity contribution in [1.29, 1.82) is 5.41 Å². The lowest BCUT2D eigenvalue weighted by molar-refractivity contribution is -0.144. The molecule has 28 heteroatoms. The van der Waals surface area contributed by atoms with E-state index in [-0.39, 0.29) is 44.0 Å². The summed E-state index contributed by atoms with van der Waals surface area (Å²) in [6, 6.07) is -10.7. The van der Waals surface area contributed by atoms with E-state index in [0.717, 1.165) is 21.6 Å². The Morgan fingerprint density at radius 3 is 1.54 bits per heavy atom. The van der Waals surface area contributed by atoms with Gasteiger partial charge in [0, 0.05) is 24.5 Å². The van der Waals surface area contributed by atoms with Crippen LogP contribution in [0, 0.1) is 5.41 Å². The lowest BCUT2D eigenvalue weighted by atomic mass is 10.1. The van der Waals surface area contributed by atoms with Crippen LogP contribution in [0.1, 0.15) is 44.9 Å². The minimum Gasteiger partial charge on any atom is -0.481 e. The average Bonchev–Trinajstić information content (AvgIpc) is 3.10. The molecule has 0 aliphatic heterocycles. The number of aliphatic carboxylic acids is 5. The maximum Gasteiger partial charge on any atom is 0.327 e. The molecule has 0 saturated carbocycles. The zero-order valence-corrected chi connectivity index (χ0v) is 31.6. The van der Waals surface area contributed by atoms with E-state index in [1.165, 1.54) is 0 Å². The molecular weight excluding hydrogens is 810 g/mol. The summed E-state index contributed by atoms with van der Waals surface area (Å²) in [5, 5.41) is 66.7. The number of ether oxygens (including phenoxy) is 1. The highest BCUT2D eigenvalue weighted by Gasteiger charge is 2.34. The van der Waals surface area contributed by atoms with Crippen LogP contribution in [0.4, 0.5) is 0 Å². The molecule has 0 heterocycles. The first-order chi connectivity index (χ1) is 26.7.